The van der Waals surface area contributed by atoms with Crippen molar-refractivity contribution in [3.8, 4) is 22.6 Å². The van der Waals surface area contributed by atoms with Crippen LogP contribution in [-0.2, 0) is 6.54 Å². The molecule has 5 aromatic rings. The monoisotopic (exact) mass is 382 g/mol. The van der Waals surface area contributed by atoms with Crippen molar-refractivity contribution in [2.24, 2.45) is 5.73 Å². The molecular weight excluding hydrogens is 364 g/mol. The molecule has 0 atom stereocenters. The van der Waals surface area contributed by atoms with Crippen molar-refractivity contribution in [1.82, 2.24) is 15.0 Å². The summed E-state index contributed by atoms with van der Waals surface area (Å²) in [7, 11) is 0. The Labute approximate surface area is 166 Å². The van der Waals surface area contributed by atoms with Crippen molar-refractivity contribution < 1.29 is 4.42 Å². The molecule has 0 bridgehead atoms. The van der Waals surface area contributed by atoms with Gasteiger partial charge in [0.05, 0.1) is 5.52 Å². The molecule has 0 aliphatic carbocycles. The van der Waals surface area contributed by atoms with Crippen molar-refractivity contribution in [3.63, 3.8) is 0 Å². The second-order valence-electron chi connectivity index (χ2n) is 6.97. The smallest absolute Gasteiger partial charge is 0.254 e. The average molecular weight is 382 g/mol. The van der Waals surface area contributed by atoms with E-state index in [0.717, 1.165) is 33.2 Å². The first-order valence-electron chi connectivity index (χ1n) is 9.31. The zero-order chi connectivity index (χ0) is 20.0. The van der Waals surface area contributed by atoms with Gasteiger partial charge >= 0.3 is 0 Å². The Bertz CT molecular complexity index is 1430. The summed E-state index contributed by atoms with van der Waals surface area (Å²) in [6.45, 7) is 2.06. The van der Waals surface area contributed by atoms with Crippen LogP contribution in [0.5, 0.6) is 0 Å². The summed E-state index contributed by atoms with van der Waals surface area (Å²) >= 11 is 0. The van der Waals surface area contributed by atoms with Gasteiger partial charge in [-0.15, -0.1) is 0 Å². The number of furan rings is 1. The number of hydrogen-bond donors (Lipinski definition) is 2. The number of nitrogens with two attached hydrogens (primary N) is 1. The number of benzene rings is 1. The van der Waals surface area contributed by atoms with Crippen molar-refractivity contribution in [1.29, 1.82) is 0 Å². The molecule has 4 heterocycles. The predicted octanol–water partition coefficient (Wildman–Crippen LogP) is 4.17. The Balaban J connectivity index is 1.82. The number of H-pyrrole nitrogens is 1. The Morgan fingerprint density at radius 3 is 2.76 bits per heavy atom. The zero-order valence-electron chi connectivity index (χ0n) is 15.8. The third-order valence-corrected chi connectivity index (χ3v) is 5.01. The SMILES string of the molecule is Cc1ccc(-c2nc3[nH]c(=O)c(CN)cc3cc2-c2ccc3ncccc3c2)o1. The third kappa shape index (κ3) is 2.99. The fourth-order valence-electron chi connectivity index (χ4n) is 3.54. The van der Waals surface area contributed by atoms with E-state index in [1.165, 1.54) is 0 Å². The van der Waals surface area contributed by atoms with Gasteiger partial charge in [0.1, 0.15) is 17.1 Å². The summed E-state index contributed by atoms with van der Waals surface area (Å²) in [5.41, 5.74) is 10.0. The molecule has 0 aliphatic heterocycles. The highest BCUT2D eigenvalue weighted by Crippen LogP contribution is 2.35. The lowest BCUT2D eigenvalue weighted by Crippen LogP contribution is -2.16. The molecule has 29 heavy (non-hydrogen) atoms. The molecule has 0 spiro atoms. The molecule has 0 radical (unpaired) electrons. The molecule has 0 amide bonds. The number of nitrogens with one attached hydrogen (secondary N) is 1. The first-order valence-corrected chi connectivity index (χ1v) is 9.31. The molecule has 1 aromatic carbocycles. The standard InChI is InChI=1S/C23H18N4O2/c1-13-4-7-20(29-13)21-18(14-5-6-19-15(9-14)3-2-8-25-19)11-16-10-17(12-24)23(28)27-22(16)26-21/h2-11H,12,24H2,1H3,(H,26,27,28). The lowest BCUT2D eigenvalue weighted by molar-refractivity contribution is 0.547. The highest BCUT2D eigenvalue weighted by Gasteiger charge is 2.16. The number of fused-ring (bicyclic) bond motifs is 2. The minimum Gasteiger partial charge on any atom is -0.460 e. The van der Waals surface area contributed by atoms with Gasteiger partial charge in [-0.25, -0.2) is 4.98 Å². The van der Waals surface area contributed by atoms with Crippen LogP contribution in [0.3, 0.4) is 0 Å². The van der Waals surface area contributed by atoms with Gasteiger partial charge in [-0.3, -0.25) is 9.78 Å². The quantitative estimate of drug-likeness (QED) is 0.488. The zero-order valence-corrected chi connectivity index (χ0v) is 15.8. The van der Waals surface area contributed by atoms with Crippen LogP contribution in [0, 0.1) is 6.92 Å². The summed E-state index contributed by atoms with van der Waals surface area (Å²) in [6, 6.07) is 17.6. The minimum atomic E-state index is -0.224. The molecular formula is C23H18N4O2. The van der Waals surface area contributed by atoms with Crippen molar-refractivity contribution in [2.75, 3.05) is 0 Å². The maximum absolute atomic E-state index is 12.2. The van der Waals surface area contributed by atoms with Crippen LogP contribution in [0.1, 0.15) is 11.3 Å². The van der Waals surface area contributed by atoms with Crippen LogP contribution >= 0.6 is 0 Å². The molecule has 0 saturated carbocycles. The molecule has 5 rings (SSSR count). The van der Waals surface area contributed by atoms with E-state index in [1.807, 2.05) is 49.4 Å². The number of aromatic amines is 1. The highest BCUT2D eigenvalue weighted by atomic mass is 16.3. The number of rotatable bonds is 3. The molecule has 0 fully saturated rings. The van der Waals surface area contributed by atoms with E-state index in [-0.39, 0.29) is 12.1 Å². The second kappa shape index (κ2) is 6.68. The second-order valence-corrected chi connectivity index (χ2v) is 6.97. The van der Waals surface area contributed by atoms with Gasteiger partial charge in [-0.1, -0.05) is 12.1 Å². The maximum Gasteiger partial charge on any atom is 0.254 e. The van der Waals surface area contributed by atoms with Crippen LogP contribution in [0.4, 0.5) is 0 Å². The van der Waals surface area contributed by atoms with E-state index >= 15 is 0 Å². The van der Waals surface area contributed by atoms with Gasteiger partial charge in [0.15, 0.2) is 5.76 Å². The summed E-state index contributed by atoms with van der Waals surface area (Å²) in [5.74, 6) is 1.44. The van der Waals surface area contributed by atoms with Crippen LogP contribution in [0.15, 0.2) is 70.0 Å². The van der Waals surface area contributed by atoms with Gasteiger partial charge < -0.3 is 15.1 Å². The Kier molecular flexibility index (Phi) is 4.00. The van der Waals surface area contributed by atoms with E-state index in [0.29, 0.717) is 22.7 Å². The average Bonchev–Trinajstić information content (AvgIpc) is 3.18. The van der Waals surface area contributed by atoms with Crippen LogP contribution in [0.25, 0.3) is 44.5 Å². The summed E-state index contributed by atoms with van der Waals surface area (Å²) < 4.78 is 5.86. The van der Waals surface area contributed by atoms with Crippen LogP contribution < -0.4 is 11.3 Å². The van der Waals surface area contributed by atoms with Crippen molar-refractivity contribution >= 4 is 21.9 Å². The Morgan fingerprint density at radius 1 is 1.07 bits per heavy atom. The molecule has 4 aromatic heterocycles. The maximum atomic E-state index is 12.2. The lowest BCUT2D eigenvalue weighted by atomic mass is 9.99. The first-order chi connectivity index (χ1) is 14.1. The van der Waals surface area contributed by atoms with Crippen molar-refractivity contribution in [3.05, 3.63) is 82.5 Å². The summed E-state index contributed by atoms with van der Waals surface area (Å²) in [6.07, 6.45) is 1.78. The van der Waals surface area contributed by atoms with E-state index in [2.05, 4.69) is 16.0 Å². The molecule has 0 saturated heterocycles. The highest BCUT2D eigenvalue weighted by molar-refractivity contribution is 5.92. The fourth-order valence-corrected chi connectivity index (χ4v) is 3.54. The molecule has 0 aliphatic rings. The fraction of sp³-hybridized carbons (Fsp3) is 0.0870. The number of aromatic nitrogens is 3. The minimum absolute atomic E-state index is 0.168. The van der Waals surface area contributed by atoms with Gasteiger partial charge in [-0.2, -0.15) is 0 Å². The number of hydrogen-bond acceptors (Lipinski definition) is 5. The summed E-state index contributed by atoms with van der Waals surface area (Å²) in [5, 5.41) is 1.86. The van der Waals surface area contributed by atoms with Crippen LogP contribution in [0.2, 0.25) is 0 Å². The van der Waals surface area contributed by atoms with Gasteiger partial charge in [0.2, 0.25) is 0 Å². The largest absolute Gasteiger partial charge is 0.460 e. The number of nitrogens with zero attached hydrogens (tertiary/aromatic N) is 2. The first kappa shape index (κ1) is 17.3. The predicted molar refractivity (Wildman–Crippen MR) is 113 cm³/mol. The van der Waals surface area contributed by atoms with E-state index in [1.54, 1.807) is 12.3 Å². The van der Waals surface area contributed by atoms with E-state index < -0.39 is 0 Å². The molecule has 0 unspecified atom stereocenters. The normalized spacial score (nSPS) is 11.4. The molecule has 6 nitrogen and oxygen atoms in total. The van der Waals surface area contributed by atoms with Crippen molar-refractivity contribution in [2.45, 2.75) is 13.5 Å². The summed E-state index contributed by atoms with van der Waals surface area (Å²) in [4.78, 5) is 24.2. The molecule has 142 valence electrons. The molecule has 6 heteroatoms. The molecule has 3 N–H and O–H groups in total. The third-order valence-electron chi connectivity index (χ3n) is 5.01. The van der Waals surface area contributed by atoms with E-state index in [4.69, 9.17) is 15.1 Å². The topological polar surface area (TPSA) is 97.8 Å². The van der Waals surface area contributed by atoms with Gasteiger partial charge in [-0.05, 0) is 55.0 Å². The Morgan fingerprint density at radius 2 is 1.97 bits per heavy atom. The lowest BCUT2D eigenvalue weighted by Gasteiger charge is -2.11. The van der Waals surface area contributed by atoms with E-state index in [9.17, 15) is 4.79 Å². The van der Waals surface area contributed by atoms with Crippen LogP contribution in [-0.4, -0.2) is 15.0 Å². The van der Waals surface area contributed by atoms with Gasteiger partial charge in [0, 0.05) is 34.6 Å². The van der Waals surface area contributed by atoms with Gasteiger partial charge in [0.25, 0.3) is 5.56 Å². The number of aryl methyl sites for hydroxylation is 1. The number of pyridine rings is 3. The Hall–Kier alpha value is -3.77.